The van der Waals surface area contributed by atoms with Gasteiger partial charge in [0.25, 0.3) is 0 Å². The highest BCUT2D eigenvalue weighted by molar-refractivity contribution is 5.83. The Morgan fingerprint density at radius 3 is 2.57 bits per heavy atom. The first-order valence-electron chi connectivity index (χ1n) is 6.41. The maximum absolute atomic E-state index is 13.9. The first-order chi connectivity index (χ1) is 10.1. The van der Waals surface area contributed by atoms with Gasteiger partial charge in [-0.05, 0) is 36.8 Å². The lowest BCUT2D eigenvalue weighted by Gasteiger charge is -2.09. The van der Waals surface area contributed by atoms with Crippen LogP contribution in [0.1, 0.15) is 5.76 Å². The Labute approximate surface area is 119 Å². The van der Waals surface area contributed by atoms with Gasteiger partial charge in [-0.3, -0.25) is 4.79 Å². The average molecular weight is 285 g/mol. The number of hydrogen-bond acceptors (Lipinski definition) is 2. The number of halogens is 2. The fourth-order valence-electron chi connectivity index (χ4n) is 2.36. The Kier molecular flexibility index (Phi) is 3.29. The van der Waals surface area contributed by atoms with E-state index >= 15 is 0 Å². The molecule has 3 aromatic rings. The molecule has 2 aromatic carbocycles. The molecule has 0 unspecified atom stereocenters. The molecule has 3 rings (SSSR count). The molecule has 105 valence electrons. The Bertz CT molecular complexity index is 882. The third-order valence-corrected chi connectivity index (χ3v) is 3.28. The van der Waals surface area contributed by atoms with Crippen LogP contribution in [0.15, 0.2) is 51.7 Å². The third-order valence-electron chi connectivity index (χ3n) is 3.28. The van der Waals surface area contributed by atoms with Crippen LogP contribution < -0.4 is 5.43 Å². The molecule has 21 heavy (non-hydrogen) atoms. The standard InChI is InChI=1S/C17H11F2O2/c1-2-13-15(10-5-3-6-11(18)9-10)17(20)16-12(19)7-4-8-14(16)21-13/h3-9H,1-2H2. The molecule has 0 N–H and O–H groups in total. The summed E-state index contributed by atoms with van der Waals surface area (Å²) in [6.45, 7) is 3.71. The van der Waals surface area contributed by atoms with Gasteiger partial charge >= 0.3 is 0 Å². The second-order valence-corrected chi connectivity index (χ2v) is 4.60. The van der Waals surface area contributed by atoms with E-state index in [1.165, 1.54) is 36.4 Å². The van der Waals surface area contributed by atoms with E-state index in [1.807, 2.05) is 0 Å². The van der Waals surface area contributed by atoms with Crippen molar-refractivity contribution in [2.24, 2.45) is 0 Å². The molecule has 0 spiro atoms. The second-order valence-electron chi connectivity index (χ2n) is 4.60. The number of hydrogen-bond donors (Lipinski definition) is 0. The topological polar surface area (TPSA) is 30.2 Å². The van der Waals surface area contributed by atoms with Gasteiger partial charge in [-0.1, -0.05) is 18.2 Å². The lowest BCUT2D eigenvalue weighted by atomic mass is 10.0. The molecular weight excluding hydrogens is 274 g/mol. The molecule has 0 saturated heterocycles. The van der Waals surface area contributed by atoms with Gasteiger partial charge < -0.3 is 4.42 Å². The Balaban J connectivity index is 2.44. The molecule has 0 saturated carbocycles. The van der Waals surface area contributed by atoms with Crippen LogP contribution in [0.3, 0.4) is 0 Å². The van der Waals surface area contributed by atoms with Crippen molar-refractivity contribution in [3.63, 3.8) is 0 Å². The largest absolute Gasteiger partial charge is 0.460 e. The minimum Gasteiger partial charge on any atom is -0.460 e. The van der Waals surface area contributed by atoms with Crippen LogP contribution in [0.25, 0.3) is 22.1 Å². The fraction of sp³-hybridized carbons (Fsp3) is 0.0588. The highest BCUT2D eigenvalue weighted by atomic mass is 19.1. The second kappa shape index (κ2) is 5.13. The van der Waals surface area contributed by atoms with Crippen molar-refractivity contribution in [3.8, 4) is 11.1 Å². The van der Waals surface area contributed by atoms with Crippen molar-refractivity contribution in [2.45, 2.75) is 6.42 Å². The molecule has 1 heterocycles. The quantitative estimate of drug-likeness (QED) is 0.709. The average Bonchev–Trinajstić information content (AvgIpc) is 2.46. The van der Waals surface area contributed by atoms with Gasteiger partial charge in [0, 0.05) is 6.42 Å². The predicted molar refractivity (Wildman–Crippen MR) is 76.9 cm³/mol. The van der Waals surface area contributed by atoms with Crippen molar-refractivity contribution >= 4 is 11.0 Å². The summed E-state index contributed by atoms with van der Waals surface area (Å²) in [4.78, 5) is 12.6. The highest BCUT2D eigenvalue weighted by Crippen LogP contribution is 2.26. The third kappa shape index (κ3) is 2.23. The highest BCUT2D eigenvalue weighted by Gasteiger charge is 2.17. The Hall–Kier alpha value is -2.49. The van der Waals surface area contributed by atoms with Crippen LogP contribution in [-0.4, -0.2) is 0 Å². The minimum absolute atomic E-state index is 0.131. The van der Waals surface area contributed by atoms with Gasteiger partial charge in [0.05, 0.1) is 5.56 Å². The molecule has 1 radical (unpaired) electrons. The summed E-state index contributed by atoms with van der Waals surface area (Å²) in [5.74, 6) is -0.825. The van der Waals surface area contributed by atoms with Gasteiger partial charge in [-0.2, -0.15) is 0 Å². The van der Waals surface area contributed by atoms with Crippen LogP contribution in [0.5, 0.6) is 0 Å². The molecule has 0 amide bonds. The molecule has 0 aliphatic heterocycles. The summed E-state index contributed by atoms with van der Waals surface area (Å²) in [5.41, 5.74) is 0.159. The summed E-state index contributed by atoms with van der Waals surface area (Å²) in [6.07, 6.45) is 0.202. The van der Waals surface area contributed by atoms with Gasteiger partial charge in [0.15, 0.2) is 0 Å². The molecule has 4 heteroatoms. The maximum Gasteiger partial charge on any atom is 0.203 e. The van der Waals surface area contributed by atoms with Crippen molar-refractivity contribution < 1.29 is 13.2 Å². The molecule has 0 fully saturated rings. The summed E-state index contributed by atoms with van der Waals surface area (Å²) < 4.78 is 32.9. The summed E-state index contributed by atoms with van der Waals surface area (Å²) in [5, 5.41) is -0.131. The molecule has 0 bridgehead atoms. The molecule has 0 atom stereocenters. The normalized spacial score (nSPS) is 11.0. The van der Waals surface area contributed by atoms with Crippen molar-refractivity contribution in [1.29, 1.82) is 0 Å². The van der Waals surface area contributed by atoms with E-state index in [-0.39, 0.29) is 23.0 Å². The lowest BCUT2D eigenvalue weighted by molar-refractivity contribution is 0.549. The summed E-state index contributed by atoms with van der Waals surface area (Å²) in [7, 11) is 0. The van der Waals surface area contributed by atoms with Crippen molar-refractivity contribution in [3.05, 3.63) is 77.0 Å². The van der Waals surface area contributed by atoms with Crippen LogP contribution in [-0.2, 0) is 6.42 Å². The predicted octanol–water partition coefficient (Wildman–Crippen LogP) is 4.11. The lowest BCUT2D eigenvalue weighted by Crippen LogP contribution is -2.10. The van der Waals surface area contributed by atoms with Crippen molar-refractivity contribution in [1.82, 2.24) is 0 Å². The summed E-state index contributed by atoms with van der Waals surface area (Å²) in [6, 6.07) is 9.75. The van der Waals surface area contributed by atoms with E-state index in [2.05, 4.69) is 6.92 Å². The first kappa shape index (κ1) is 13.5. The van der Waals surface area contributed by atoms with Gasteiger partial charge in [-0.25, -0.2) is 8.78 Å². The van der Waals surface area contributed by atoms with Crippen molar-refractivity contribution in [2.75, 3.05) is 0 Å². The molecule has 2 nitrogen and oxygen atoms in total. The van der Waals surface area contributed by atoms with Crippen LogP contribution in [0.4, 0.5) is 8.78 Å². The van der Waals surface area contributed by atoms with Gasteiger partial charge in [-0.15, -0.1) is 0 Å². The van der Waals surface area contributed by atoms with Gasteiger partial charge in [0.2, 0.25) is 5.43 Å². The fourth-order valence-corrected chi connectivity index (χ4v) is 2.36. The Morgan fingerprint density at radius 2 is 1.86 bits per heavy atom. The van der Waals surface area contributed by atoms with E-state index in [1.54, 1.807) is 6.07 Å². The number of fused-ring (bicyclic) bond motifs is 1. The van der Waals surface area contributed by atoms with E-state index in [0.717, 1.165) is 0 Å². The molecule has 0 aliphatic rings. The molecule has 0 aliphatic carbocycles. The Morgan fingerprint density at radius 1 is 1.10 bits per heavy atom. The SMILES string of the molecule is [CH2]Cc1oc2cccc(F)c2c(=O)c1-c1cccc(F)c1. The zero-order chi connectivity index (χ0) is 15.0. The maximum atomic E-state index is 13.9. The van der Waals surface area contributed by atoms with E-state index in [0.29, 0.717) is 11.3 Å². The van der Waals surface area contributed by atoms with Gasteiger partial charge in [0.1, 0.15) is 28.4 Å². The van der Waals surface area contributed by atoms with E-state index in [9.17, 15) is 13.6 Å². The van der Waals surface area contributed by atoms with Crippen LogP contribution >= 0.6 is 0 Å². The van der Waals surface area contributed by atoms with Crippen LogP contribution in [0, 0.1) is 18.6 Å². The zero-order valence-corrected chi connectivity index (χ0v) is 11.0. The number of benzene rings is 2. The smallest absolute Gasteiger partial charge is 0.203 e. The van der Waals surface area contributed by atoms with E-state index in [4.69, 9.17) is 4.42 Å². The summed E-state index contributed by atoms with van der Waals surface area (Å²) >= 11 is 0. The number of rotatable bonds is 2. The first-order valence-corrected chi connectivity index (χ1v) is 6.41. The zero-order valence-electron chi connectivity index (χ0n) is 11.0. The molecular formula is C17H11F2O2. The molecule has 1 aromatic heterocycles. The minimum atomic E-state index is -0.658. The van der Waals surface area contributed by atoms with E-state index < -0.39 is 17.1 Å². The van der Waals surface area contributed by atoms with Crippen LogP contribution in [0.2, 0.25) is 0 Å². The monoisotopic (exact) mass is 285 g/mol.